The molecule has 26 heavy (non-hydrogen) atoms. The molecule has 0 radical (unpaired) electrons. The molecule has 1 aromatic heterocycles. The molecule has 1 aromatic carbocycles. The summed E-state index contributed by atoms with van der Waals surface area (Å²) in [4.78, 5) is 21.8. The zero-order chi connectivity index (χ0) is 18.4. The first-order valence-corrected chi connectivity index (χ1v) is 9.84. The highest BCUT2D eigenvalue weighted by Gasteiger charge is 2.19. The summed E-state index contributed by atoms with van der Waals surface area (Å²) in [7, 11) is 3.53. The van der Waals surface area contributed by atoms with Gasteiger partial charge in [0.15, 0.2) is 5.96 Å². The van der Waals surface area contributed by atoms with Gasteiger partial charge in [-0.25, -0.2) is 4.99 Å². The summed E-state index contributed by atoms with van der Waals surface area (Å²) in [5, 5.41) is 5.56. The first kappa shape index (κ1) is 18.5. The van der Waals surface area contributed by atoms with Gasteiger partial charge in [0.1, 0.15) is 6.54 Å². The second-order valence-electron chi connectivity index (χ2n) is 6.62. The van der Waals surface area contributed by atoms with E-state index in [0.717, 1.165) is 38.4 Å². The van der Waals surface area contributed by atoms with Crippen LogP contribution in [0.15, 0.2) is 46.8 Å². The highest BCUT2D eigenvalue weighted by molar-refractivity contribution is 7.09. The zero-order valence-electron chi connectivity index (χ0n) is 15.4. The third-order valence-electron chi connectivity index (χ3n) is 4.53. The van der Waals surface area contributed by atoms with E-state index >= 15 is 0 Å². The molecule has 1 aliphatic heterocycles. The lowest BCUT2D eigenvalue weighted by Crippen LogP contribution is -2.45. The number of carbonyl (C=O) groups is 1. The van der Waals surface area contributed by atoms with Crippen LogP contribution in [0.25, 0.3) is 0 Å². The van der Waals surface area contributed by atoms with Crippen molar-refractivity contribution in [2.24, 2.45) is 4.99 Å². The van der Waals surface area contributed by atoms with E-state index in [4.69, 9.17) is 0 Å². The monoisotopic (exact) mass is 370 g/mol. The molecule has 0 spiro atoms. The molecule has 5 nitrogen and oxygen atoms in total. The number of nitrogens with one attached hydrogen (secondary N) is 1. The van der Waals surface area contributed by atoms with E-state index in [1.54, 1.807) is 30.3 Å². The molecule has 1 N–H and O–H groups in total. The molecule has 2 heterocycles. The molecule has 0 saturated heterocycles. The van der Waals surface area contributed by atoms with Gasteiger partial charge in [-0.15, -0.1) is 11.3 Å². The minimum absolute atomic E-state index is 0.0139. The number of fused-ring (bicyclic) bond motifs is 1. The second kappa shape index (κ2) is 8.85. The van der Waals surface area contributed by atoms with Crippen molar-refractivity contribution < 1.29 is 4.79 Å². The summed E-state index contributed by atoms with van der Waals surface area (Å²) in [5.41, 5.74) is 2.75. The van der Waals surface area contributed by atoms with Crippen LogP contribution in [-0.2, 0) is 24.2 Å². The smallest absolute Gasteiger partial charge is 0.243 e. The van der Waals surface area contributed by atoms with Crippen molar-refractivity contribution in [3.05, 3.63) is 57.8 Å². The van der Waals surface area contributed by atoms with Crippen LogP contribution in [0, 0.1) is 0 Å². The van der Waals surface area contributed by atoms with Gasteiger partial charge in [0.25, 0.3) is 0 Å². The lowest BCUT2D eigenvalue weighted by Gasteiger charge is -2.32. The number of rotatable bonds is 5. The first-order valence-electron chi connectivity index (χ1n) is 8.96. The molecule has 2 aromatic rings. The molecule has 0 saturated carbocycles. The minimum Gasteiger partial charge on any atom is -0.356 e. The number of aliphatic imine (C=N–C) groups is 1. The standard InChI is InChI=1S/C20H26N4OS/c1-23(2)19(25)14-22-20(21-11-9-18-8-5-13-26-18)24-12-10-16-6-3-4-7-17(16)15-24/h3-8,13H,9-12,14-15H2,1-2H3,(H,21,22). The van der Waals surface area contributed by atoms with E-state index in [2.05, 4.69) is 57.0 Å². The summed E-state index contributed by atoms with van der Waals surface area (Å²) in [5.74, 6) is 0.839. The molecule has 3 rings (SSSR count). The molecule has 1 amide bonds. The summed E-state index contributed by atoms with van der Waals surface area (Å²) in [6.07, 6.45) is 1.96. The van der Waals surface area contributed by atoms with Crippen molar-refractivity contribution in [1.29, 1.82) is 0 Å². The van der Waals surface area contributed by atoms with Crippen LogP contribution >= 0.6 is 11.3 Å². The predicted molar refractivity (Wildman–Crippen MR) is 108 cm³/mol. The summed E-state index contributed by atoms with van der Waals surface area (Å²) >= 11 is 1.77. The number of benzene rings is 1. The van der Waals surface area contributed by atoms with Crippen molar-refractivity contribution in [3.63, 3.8) is 0 Å². The molecule has 0 unspecified atom stereocenters. The largest absolute Gasteiger partial charge is 0.356 e. The van der Waals surface area contributed by atoms with Crippen LogP contribution in [0.1, 0.15) is 16.0 Å². The average molecular weight is 371 g/mol. The van der Waals surface area contributed by atoms with Crippen molar-refractivity contribution >= 4 is 23.2 Å². The van der Waals surface area contributed by atoms with Gasteiger partial charge in [-0.2, -0.15) is 0 Å². The van der Waals surface area contributed by atoms with Gasteiger partial charge < -0.3 is 15.1 Å². The zero-order valence-corrected chi connectivity index (χ0v) is 16.3. The Morgan fingerprint density at radius 3 is 2.77 bits per heavy atom. The lowest BCUT2D eigenvalue weighted by atomic mass is 10.0. The van der Waals surface area contributed by atoms with Crippen LogP contribution in [0.2, 0.25) is 0 Å². The molecule has 0 fully saturated rings. The molecular formula is C20H26N4OS. The Balaban J connectivity index is 1.67. The molecule has 1 aliphatic rings. The van der Waals surface area contributed by atoms with Crippen LogP contribution in [0.5, 0.6) is 0 Å². The van der Waals surface area contributed by atoms with E-state index in [1.807, 2.05) is 0 Å². The summed E-state index contributed by atoms with van der Waals surface area (Å²) < 4.78 is 0. The van der Waals surface area contributed by atoms with Gasteiger partial charge in [0, 0.05) is 38.6 Å². The molecule has 6 heteroatoms. The second-order valence-corrected chi connectivity index (χ2v) is 7.66. The van der Waals surface area contributed by atoms with Crippen molar-refractivity contribution in [3.8, 4) is 0 Å². The number of guanidine groups is 1. The fourth-order valence-corrected chi connectivity index (χ4v) is 3.69. The Bertz CT molecular complexity index is 755. The van der Waals surface area contributed by atoms with Gasteiger partial charge in [-0.1, -0.05) is 30.3 Å². The molecule has 0 atom stereocenters. The fraction of sp³-hybridized carbons (Fsp3) is 0.400. The Labute approximate surface area is 159 Å². The van der Waals surface area contributed by atoms with Crippen LogP contribution < -0.4 is 5.32 Å². The van der Waals surface area contributed by atoms with E-state index in [0.29, 0.717) is 0 Å². The quantitative estimate of drug-likeness (QED) is 0.649. The topological polar surface area (TPSA) is 47.9 Å². The summed E-state index contributed by atoms with van der Waals surface area (Å²) in [6, 6.07) is 12.8. The molecule has 0 aliphatic carbocycles. The predicted octanol–water partition coefficient (Wildman–Crippen LogP) is 2.38. The van der Waals surface area contributed by atoms with Gasteiger partial charge in [0.05, 0.1) is 0 Å². The Kier molecular flexibility index (Phi) is 6.28. The van der Waals surface area contributed by atoms with Gasteiger partial charge >= 0.3 is 0 Å². The van der Waals surface area contributed by atoms with Crippen LogP contribution in [-0.4, -0.2) is 55.4 Å². The molecule has 0 bridgehead atoms. The highest BCUT2D eigenvalue weighted by Crippen LogP contribution is 2.18. The maximum Gasteiger partial charge on any atom is 0.243 e. The van der Waals surface area contributed by atoms with E-state index < -0.39 is 0 Å². The Morgan fingerprint density at radius 1 is 1.23 bits per heavy atom. The molecular weight excluding hydrogens is 344 g/mol. The van der Waals surface area contributed by atoms with E-state index in [-0.39, 0.29) is 12.5 Å². The third-order valence-corrected chi connectivity index (χ3v) is 5.46. The Morgan fingerprint density at radius 2 is 2.04 bits per heavy atom. The van der Waals surface area contributed by atoms with Gasteiger partial charge in [0.2, 0.25) is 5.91 Å². The van der Waals surface area contributed by atoms with Gasteiger partial charge in [-0.3, -0.25) is 4.79 Å². The van der Waals surface area contributed by atoms with Crippen molar-refractivity contribution in [2.45, 2.75) is 19.4 Å². The number of amides is 1. The molecule has 138 valence electrons. The number of thiophene rings is 1. The number of carbonyl (C=O) groups excluding carboxylic acids is 1. The lowest BCUT2D eigenvalue weighted by molar-refractivity contribution is -0.127. The van der Waals surface area contributed by atoms with Crippen LogP contribution in [0.3, 0.4) is 0 Å². The van der Waals surface area contributed by atoms with E-state index in [9.17, 15) is 4.79 Å². The number of hydrogen-bond donors (Lipinski definition) is 1. The SMILES string of the molecule is CN(C)C(=O)CN=C(NCCc1cccs1)N1CCc2ccccc2C1. The Hall–Kier alpha value is -2.34. The third kappa shape index (κ3) is 4.85. The average Bonchev–Trinajstić information content (AvgIpc) is 3.17. The maximum atomic E-state index is 12.0. The number of likely N-dealkylation sites (N-methyl/N-ethyl adjacent to an activating group) is 1. The maximum absolute atomic E-state index is 12.0. The highest BCUT2D eigenvalue weighted by atomic mass is 32.1. The van der Waals surface area contributed by atoms with Crippen LogP contribution in [0.4, 0.5) is 0 Å². The normalized spacial score (nSPS) is 14.1. The summed E-state index contributed by atoms with van der Waals surface area (Å²) in [6.45, 7) is 2.73. The number of hydrogen-bond acceptors (Lipinski definition) is 3. The number of nitrogens with zero attached hydrogens (tertiary/aromatic N) is 3. The minimum atomic E-state index is 0.0139. The first-order chi connectivity index (χ1) is 12.6. The van der Waals surface area contributed by atoms with Crippen molar-refractivity contribution in [1.82, 2.24) is 15.1 Å². The van der Waals surface area contributed by atoms with Gasteiger partial charge in [-0.05, 0) is 35.4 Å². The van der Waals surface area contributed by atoms with E-state index in [1.165, 1.54) is 16.0 Å². The van der Waals surface area contributed by atoms with Crippen molar-refractivity contribution in [2.75, 3.05) is 33.7 Å². The fourth-order valence-electron chi connectivity index (χ4n) is 2.98.